The highest BCUT2D eigenvalue weighted by Crippen LogP contribution is 2.28. The summed E-state index contributed by atoms with van der Waals surface area (Å²) in [5.41, 5.74) is 1.50. The normalized spacial score (nSPS) is 14.6. The molecule has 1 aromatic heterocycles. The molecule has 0 spiro atoms. The Bertz CT molecular complexity index is 935. The summed E-state index contributed by atoms with van der Waals surface area (Å²) >= 11 is 0. The van der Waals surface area contributed by atoms with Gasteiger partial charge in [-0.15, -0.1) is 0 Å². The highest BCUT2D eigenvalue weighted by atomic mass is 16.5. The second-order valence-electron chi connectivity index (χ2n) is 9.86. The molecule has 1 saturated carbocycles. The molecule has 0 atom stereocenters. The van der Waals surface area contributed by atoms with Crippen LogP contribution in [0.3, 0.4) is 0 Å². The zero-order valence-corrected chi connectivity index (χ0v) is 20.1. The second-order valence-corrected chi connectivity index (χ2v) is 9.86. The molecule has 7 nitrogen and oxygen atoms in total. The molecule has 0 bridgehead atoms. The number of nitrogens with one attached hydrogen (secondary N) is 1. The molecule has 1 heterocycles. The first-order valence-electron chi connectivity index (χ1n) is 11.5. The van der Waals surface area contributed by atoms with Crippen molar-refractivity contribution in [3.05, 3.63) is 36.0 Å². The van der Waals surface area contributed by atoms with Gasteiger partial charge in [-0.25, -0.2) is 4.68 Å². The van der Waals surface area contributed by atoms with Crippen molar-refractivity contribution in [1.82, 2.24) is 14.7 Å². The SMILES string of the molecule is COc1ccc(-n2nc(C(C)(C)C)cc2NC(=O)CN(C(=O)C2CCCC2)C(C)C)cc1. The van der Waals surface area contributed by atoms with E-state index in [4.69, 9.17) is 9.84 Å². The van der Waals surface area contributed by atoms with Gasteiger partial charge in [0.1, 0.15) is 18.1 Å². The number of ether oxygens (including phenoxy) is 1. The van der Waals surface area contributed by atoms with Crippen LogP contribution in [0.4, 0.5) is 5.82 Å². The van der Waals surface area contributed by atoms with Crippen LogP contribution < -0.4 is 10.1 Å². The van der Waals surface area contributed by atoms with Crippen molar-refractivity contribution in [2.75, 3.05) is 19.0 Å². The molecule has 2 amide bonds. The van der Waals surface area contributed by atoms with E-state index in [0.717, 1.165) is 42.8 Å². The number of hydrogen-bond donors (Lipinski definition) is 1. The van der Waals surface area contributed by atoms with E-state index >= 15 is 0 Å². The number of benzene rings is 1. The average Bonchev–Trinajstić information content (AvgIpc) is 3.41. The predicted molar refractivity (Wildman–Crippen MR) is 126 cm³/mol. The summed E-state index contributed by atoms with van der Waals surface area (Å²) in [6, 6.07) is 9.39. The molecule has 0 radical (unpaired) electrons. The molecule has 1 aliphatic carbocycles. The number of anilines is 1. The van der Waals surface area contributed by atoms with E-state index in [0.29, 0.717) is 5.82 Å². The third-order valence-corrected chi connectivity index (χ3v) is 5.99. The van der Waals surface area contributed by atoms with Gasteiger partial charge in [-0.2, -0.15) is 5.10 Å². The van der Waals surface area contributed by atoms with E-state index in [1.54, 1.807) is 16.7 Å². The van der Waals surface area contributed by atoms with E-state index in [1.807, 2.05) is 44.2 Å². The fourth-order valence-corrected chi connectivity index (χ4v) is 4.02. The molecular formula is C25H36N4O3. The molecule has 174 valence electrons. The first kappa shape index (κ1) is 23.8. The zero-order chi connectivity index (χ0) is 23.5. The fourth-order valence-electron chi connectivity index (χ4n) is 4.02. The number of nitrogens with zero attached hydrogens (tertiary/aromatic N) is 3. The lowest BCUT2D eigenvalue weighted by atomic mass is 9.92. The molecule has 1 fully saturated rings. The largest absolute Gasteiger partial charge is 0.497 e. The van der Waals surface area contributed by atoms with Crippen molar-refractivity contribution >= 4 is 17.6 Å². The maximum absolute atomic E-state index is 13.0. The van der Waals surface area contributed by atoms with Crippen LogP contribution in [0.15, 0.2) is 30.3 Å². The van der Waals surface area contributed by atoms with Gasteiger partial charge in [0.25, 0.3) is 0 Å². The van der Waals surface area contributed by atoms with Gasteiger partial charge in [0.2, 0.25) is 11.8 Å². The Balaban J connectivity index is 1.83. The standard InChI is InChI=1S/C25H36N4O3/c1-17(2)28(24(31)18-9-7-8-10-18)16-23(30)26-22-15-21(25(3,4)5)27-29(22)19-11-13-20(32-6)14-12-19/h11-15,17-18H,7-10,16H2,1-6H3,(H,26,30). The summed E-state index contributed by atoms with van der Waals surface area (Å²) in [7, 11) is 1.62. The molecule has 7 heteroatoms. The molecule has 2 aromatic rings. The van der Waals surface area contributed by atoms with E-state index in [2.05, 4.69) is 26.1 Å². The maximum atomic E-state index is 13.0. The van der Waals surface area contributed by atoms with Gasteiger partial charge in [0.05, 0.1) is 18.5 Å². The predicted octanol–water partition coefficient (Wildman–Crippen LogP) is 4.54. The van der Waals surface area contributed by atoms with Crippen molar-refractivity contribution in [2.45, 2.75) is 71.8 Å². The molecular weight excluding hydrogens is 404 g/mol. The molecule has 1 N–H and O–H groups in total. The van der Waals surface area contributed by atoms with Crippen LogP contribution in [0.25, 0.3) is 5.69 Å². The molecule has 1 aliphatic rings. The Labute approximate surface area is 191 Å². The van der Waals surface area contributed by atoms with Crippen LogP contribution in [0.5, 0.6) is 5.75 Å². The van der Waals surface area contributed by atoms with Crippen LogP contribution in [-0.2, 0) is 15.0 Å². The summed E-state index contributed by atoms with van der Waals surface area (Å²) in [4.78, 5) is 27.7. The summed E-state index contributed by atoms with van der Waals surface area (Å²) < 4.78 is 6.99. The lowest BCUT2D eigenvalue weighted by Gasteiger charge is -2.28. The average molecular weight is 441 g/mol. The van der Waals surface area contributed by atoms with Gasteiger partial charge in [-0.1, -0.05) is 33.6 Å². The van der Waals surface area contributed by atoms with Crippen LogP contribution in [0.2, 0.25) is 0 Å². The minimum absolute atomic E-state index is 0.0334. The lowest BCUT2D eigenvalue weighted by molar-refractivity contribution is -0.140. The van der Waals surface area contributed by atoms with E-state index in [9.17, 15) is 9.59 Å². The number of aromatic nitrogens is 2. The van der Waals surface area contributed by atoms with Crippen molar-refractivity contribution in [2.24, 2.45) is 5.92 Å². The van der Waals surface area contributed by atoms with Gasteiger partial charge in [0.15, 0.2) is 0 Å². The van der Waals surface area contributed by atoms with E-state index < -0.39 is 0 Å². The Morgan fingerprint density at radius 1 is 1.19 bits per heavy atom. The van der Waals surface area contributed by atoms with Gasteiger partial charge in [-0.3, -0.25) is 9.59 Å². The molecule has 1 aromatic carbocycles. The number of rotatable bonds is 7. The number of carbonyl (C=O) groups excluding carboxylic acids is 2. The highest BCUT2D eigenvalue weighted by Gasteiger charge is 2.30. The molecule has 32 heavy (non-hydrogen) atoms. The summed E-state index contributed by atoms with van der Waals surface area (Å²) in [5, 5.41) is 7.75. The monoisotopic (exact) mass is 440 g/mol. The lowest BCUT2D eigenvalue weighted by Crippen LogP contribution is -2.45. The Morgan fingerprint density at radius 3 is 2.34 bits per heavy atom. The minimum Gasteiger partial charge on any atom is -0.497 e. The van der Waals surface area contributed by atoms with E-state index in [-0.39, 0.29) is 35.7 Å². The molecule has 0 saturated heterocycles. The van der Waals surface area contributed by atoms with Gasteiger partial charge in [-0.05, 0) is 51.0 Å². The van der Waals surface area contributed by atoms with Crippen LogP contribution in [0.1, 0.15) is 66.0 Å². The fraction of sp³-hybridized carbons (Fsp3) is 0.560. The Morgan fingerprint density at radius 2 is 1.81 bits per heavy atom. The molecule has 3 rings (SSSR count). The van der Waals surface area contributed by atoms with Crippen molar-refractivity contribution in [3.63, 3.8) is 0 Å². The van der Waals surface area contributed by atoms with Crippen molar-refractivity contribution in [1.29, 1.82) is 0 Å². The number of hydrogen-bond acceptors (Lipinski definition) is 4. The van der Waals surface area contributed by atoms with Gasteiger partial charge in [0, 0.05) is 23.4 Å². The van der Waals surface area contributed by atoms with Crippen LogP contribution >= 0.6 is 0 Å². The first-order chi connectivity index (χ1) is 15.1. The maximum Gasteiger partial charge on any atom is 0.245 e. The van der Waals surface area contributed by atoms with Crippen LogP contribution in [-0.4, -0.2) is 46.2 Å². The molecule has 0 unspecified atom stereocenters. The topological polar surface area (TPSA) is 76.5 Å². The first-order valence-corrected chi connectivity index (χ1v) is 11.5. The van der Waals surface area contributed by atoms with Crippen molar-refractivity contribution in [3.8, 4) is 11.4 Å². The quantitative estimate of drug-likeness (QED) is 0.686. The summed E-state index contributed by atoms with van der Waals surface area (Å²) in [5.74, 6) is 1.25. The second kappa shape index (κ2) is 9.76. The number of amides is 2. The van der Waals surface area contributed by atoms with Gasteiger partial charge < -0.3 is 15.0 Å². The smallest absolute Gasteiger partial charge is 0.245 e. The third-order valence-electron chi connectivity index (χ3n) is 5.99. The summed E-state index contributed by atoms with van der Waals surface area (Å²) in [6.45, 7) is 10.2. The van der Waals surface area contributed by atoms with Crippen LogP contribution in [0, 0.1) is 5.92 Å². The van der Waals surface area contributed by atoms with E-state index in [1.165, 1.54) is 0 Å². The Kier molecular flexibility index (Phi) is 7.26. The van der Waals surface area contributed by atoms with Gasteiger partial charge >= 0.3 is 0 Å². The van der Waals surface area contributed by atoms with Crippen molar-refractivity contribution < 1.29 is 14.3 Å². The Hall–Kier alpha value is -2.83. The number of methoxy groups -OCH3 is 1. The summed E-state index contributed by atoms with van der Waals surface area (Å²) in [6.07, 6.45) is 4.02. The molecule has 0 aliphatic heterocycles. The number of carbonyl (C=O) groups is 2. The zero-order valence-electron chi connectivity index (χ0n) is 20.1. The minimum atomic E-state index is -0.222. The third kappa shape index (κ3) is 5.50. The highest BCUT2D eigenvalue weighted by molar-refractivity contribution is 5.94.